The molecule has 2 aromatic heterocycles. The summed E-state index contributed by atoms with van der Waals surface area (Å²) < 4.78 is 28.1. The molecule has 10 nitrogen and oxygen atoms in total. The molecule has 3 heterocycles. The lowest BCUT2D eigenvalue weighted by atomic mass is 10.1. The van der Waals surface area contributed by atoms with Crippen LogP contribution >= 0.6 is 0 Å². The van der Waals surface area contributed by atoms with Crippen LogP contribution in [0.3, 0.4) is 0 Å². The number of nitrogens with one attached hydrogen (secondary N) is 1. The van der Waals surface area contributed by atoms with E-state index in [1.165, 1.54) is 0 Å². The first-order valence-electron chi connectivity index (χ1n) is 11.0. The van der Waals surface area contributed by atoms with Crippen molar-refractivity contribution < 1.29 is 18.6 Å². The molecule has 11 heteroatoms. The minimum atomic E-state index is -3.27. The number of hydrogen-bond acceptors (Lipinski definition) is 8. The molecule has 32 heavy (non-hydrogen) atoms. The SMILES string of the molecule is Cc1cnc(NC2CCN(S(=O)(=O)CCCCO)CC2)nc1-c1cnn(CC(C)(C)O)c1. The van der Waals surface area contributed by atoms with Crippen molar-refractivity contribution in [1.29, 1.82) is 0 Å². The monoisotopic (exact) mass is 466 g/mol. The molecular weight excluding hydrogens is 432 g/mol. The van der Waals surface area contributed by atoms with Crippen LogP contribution in [0.4, 0.5) is 5.95 Å². The van der Waals surface area contributed by atoms with Crippen molar-refractivity contribution >= 4 is 16.0 Å². The van der Waals surface area contributed by atoms with E-state index in [0.717, 1.165) is 16.8 Å². The number of piperidine rings is 1. The van der Waals surface area contributed by atoms with Gasteiger partial charge in [-0.3, -0.25) is 4.68 Å². The van der Waals surface area contributed by atoms with Gasteiger partial charge in [-0.25, -0.2) is 22.7 Å². The Hall–Kier alpha value is -2.08. The molecule has 1 aliphatic heterocycles. The Morgan fingerprint density at radius 3 is 2.59 bits per heavy atom. The van der Waals surface area contributed by atoms with E-state index >= 15 is 0 Å². The second-order valence-electron chi connectivity index (χ2n) is 9.03. The van der Waals surface area contributed by atoms with Crippen LogP contribution in [0.15, 0.2) is 18.6 Å². The molecule has 0 bridgehead atoms. The van der Waals surface area contributed by atoms with Crippen molar-refractivity contribution in [3.8, 4) is 11.3 Å². The van der Waals surface area contributed by atoms with E-state index in [4.69, 9.17) is 5.11 Å². The molecule has 2 aromatic rings. The Bertz CT molecular complexity index is 994. The van der Waals surface area contributed by atoms with Gasteiger partial charge in [-0.15, -0.1) is 0 Å². The molecule has 178 valence electrons. The Kier molecular flexibility index (Phi) is 7.86. The van der Waals surface area contributed by atoms with Crippen LogP contribution in [0.5, 0.6) is 0 Å². The van der Waals surface area contributed by atoms with Gasteiger partial charge in [0, 0.05) is 43.7 Å². The molecule has 1 aliphatic rings. The summed E-state index contributed by atoms with van der Waals surface area (Å²) in [5.41, 5.74) is 1.68. The van der Waals surface area contributed by atoms with Gasteiger partial charge in [0.2, 0.25) is 16.0 Å². The highest BCUT2D eigenvalue weighted by Gasteiger charge is 2.28. The number of rotatable bonds is 10. The van der Waals surface area contributed by atoms with Crippen LogP contribution < -0.4 is 5.32 Å². The van der Waals surface area contributed by atoms with Crippen molar-refractivity contribution in [1.82, 2.24) is 24.1 Å². The number of aliphatic hydroxyl groups excluding tert-OH is 1. The minimum absolute atomic E-state index is 0.0141. The Balaban J connectivity index is 1.61. The fourth-order valence-electron chi connectivity index (χ4n) is 3.76. The van der Waals surface area contributed by atoms with Crippen molar-refractivity contribution in [3.63, 3.8) is 0 Å². The highest BCUT2D eigenvalue weighted by Crippen LogP contribution is 2.23. The zero-order valence-electron chi connectivity index (χ0n) is 19.0. The summed E-state index contributed by atoms with van der Waals surface area (Å²) in [7, 11) is -3.27. The largest absolute Gasteiger partial charge is 0.396 e. The fraction of sp³-hybridized carbons (Fsp3) is 0.667. The molecule has 1 fully saturated rings. The quantitative estimate of drug-likeness (QED) is 0.448. The average Bonchev–Trinajstić information content (AvgIpc) is 3.16. The Morgan fingerprint density at radius 1 is 1.22 bits per heavy atom. The number of anilines is 1. The number of aliphatic hydroxyl groups is 2. The summed E-state index contributed by atoms with van der Waals surface area (Å²) in [6.07, 6.45) is 7.68. The number of aromatic nitrogens is 4. The van der Waals surface area contributed by atoms with E-state index in [9.17, 15) is 13.5 Å². The lowest BCUT2D eigenvalue weighted by Crippen LogP contribution is -2.43. The number of unbranched alkanes of at least 4 members (excludes halogenated alkanes) is 1. The van der Waals surface area contributed by atoms with Gasteiger partial charge in [0.1, 0.15) is 0 Å². The molecule has 0 aromatic carbocycles. The van der Waals surface area contributed by atoms with Crippen LogP contribution in [0, 0.1) is 6.92 Å². The van der Waals surface area contributed by atoms with Gasteiger partial charge in [0.25, 0.3) is 0 Å². The van der Waals surface area contributed by atoms with Crippen molar-refractivity contribution in [3.05, 3.63) is 24.2 Å². The zero-order valence-corrected chi connectivity index (χ0v) is 19.8. The molecule has 0 saturated carbocycles. The topological polar surface area (TPSA) is 133 Å². The van der Waals surface area contributed by atoms with Gasteiger partial charge in [-0.2, -0.15) is 5.10 Å². The molecule has 0 aliphatic carbocycles. The van der Waals surface area contributed by atoms with E-state index < -0.39 is 15.6 Å². The average molecular weight is 467 g/mol. The molecule has 0 radical (unpaired) electrons. The lowest BCUT2D eigenvalue weighted by molar-refractivity contribution is 0.0577. The van der Waals surface area contributed by atoms with Crippen molar-refractivity contribution in [2.24, 2.45) is 0 Å². The van der Waals surface area contributed by atoms with Crippen molar-refractivity contribution in [2.75, 3.05) is 30.8 Å². The molecule has 0 unspecified atom stereocenters. The standard InChI is InChI=1S/C21H34N6O4S/c1-16-12-22-20(25-19(16)17-13-23-26(14-17)15-21(2,3)29)24-18-6-8-27(9-7-18)32(30,31)11-5-4-10-28/h12-14,18,28-29H,4-11,15H2,1-3H3,(H,22,24,25). The summed E-state index contributed by atoms with van der Waals surface area (Å²) >= 11 is 0. The van der Waals surface area contributed by atoms with Gasteiger partial charge >= 0.3 is 0 Å². The predicted octanol–water partition coefficient (Wildman–Crippen LogP) is 1.40. The van der Waals surface area contributed by atoms with Crippen molar-refractivity contribution in [2.45, 2.75) is 64.6 Å². The summed E-state index contributed by atoms with van der Waals surface area (Å²) in [6, 6.07) is 0.0901. The van der Waals surface area contributed by atoms with Crippen LogP contribution in [0.1, 0.15) is 45.1 Å². The van der Waals surface area contributed by atoms with Crippen LogP contribution in [0.2, 0.25) is 0 Å². The third-order valence-electron chi connectivity index (χ3n) is 5.42. The smallest absolute Gasteiger partial charge is 0.223 e. The van der Waals surface area contributed by atoms with E-state index in [2.05, 4.69) is 20.4 Å². The van der Waals surface area contributed by atoms with E-state index in [0.29, 0.717) is 51.3 Å². The Labute approximate surface area is 189 Å². The second kappa shape index (κ2) is 10.2. The fourth-order valence-corrected chi connectivity index (χ4v) is 5.35. The maximum absolute atomic E-state index is 12.4. The molecule has 3 N–H and O–H groups in total. The summed E-state index contributed by atoms with van der Waals surface area (Å²) in [5.74, 6) is 0.585. The summed E-state index contributed by atoms with van der Waals surface area (Å²) in [4.78, 5) is 9.07. The molecular formula is C21H34N6O4S. The summed E-state index contributed by atoms with van der Waals surface area (Å²) in [6.45, 7) is 6.72. The van der Waals surface area contributed by atoms with E-state index in [-0.39, 0.29) is 18.4 Å². The number of sulfonamides is 1. The lowest BCUT2D eigenvalue weighted by Gasteiger charge is -2.31. The third-order valence-corrected chi connectivity index (χ3v) is 7.37. The van der Waals surface area contributed by atoms with Crippen LogP contribution in [0.25, 0.3) is 11.3 Å². The van der Waals surface area contributed by atoms with Crippen LogP contribution in [-0.2, 0) is 16.6 Å². The van der Waals surface area contributed by atoms with Gasteiger partial charge in [-0.1, -0.05) is 0 Å². The van der Waals surface area contributed by atoms with E-state index in [1.54, 1.807) is 35.2 Å². The first-order valence-corrected chi connectivity index (χ1v) is 12.6. The van der Waals surface area contributed by atoms with Gasteiger partial charge in [0.15, 0.2) is 0 Å². The molecule has 1 saturated heterocycles. The number of aryl methyl sites for hydroxylation is 1. The highest BCUT2D eigenvalue weighted by atomic mass is 32.2. The van der Waals surface area contributed by atoms with Crippen LogP contribution in [-0.4, -0.2) is 79.8 Å². The summed E-state index contributed by atoms with van der Waals surface area (Å²) in [5, 5.41) is 26.5. The first kappa shape index (κ1) is 24.6. The zero-order chi connectivity index (χ0) is 23.4. The Morgan fingerprint density at radius 2 is 1.94 bits per heavy atom. The predicted molar refractivity (Wildman–Crippen MR) is 123 cm³/mol. The van der Waals surface area contributed by atoms with Gasteiger partial charge < -0.3 is 15.5 Å². The molecule has 0 amide bonds. The first-order chi connectivity index (χ1) is 15.1. The highest BCUT2D eigenvalue weighted by molar-refractivity contribution is 7.89. The third kappa shape index (κ3) is 6.71. The number of hydrogen-bond donors (Lipinski definition) is 3. The normalized spacial score (nSPS) is 16.4. The molecule has 0 spiro atoms. The maximum Gasteiger partial charge on any atom is 0.223 e. The second-order valence-corrected chi connectivity index (χ2v) is 11.1. The minimum Gasteiger partial charge on any atom is -0.396 e. The molecule has 3 rings (SSSR count). The maximum atomic E-state index is 12.4. The molecule has 0 atom stereocenters. The van der Waals surface area contributed by atoms with Gasteiger partial charge in [-0.05, 0) is 52.0 Å². The van der Waals surface area contributed by atoms with Gasteiger partial charge in [0.05, 0.1) is 29.8 Å². The van der Waals surface area contributed by atoms with E-state index in [1.807, 2.05) is 13.1 Å². The number of nitrogens with zero attached hydrogens (tertiary/aromatic N) is 5.